The molecule has 1 heterocycles. The first-order valence-corrected chi connectivity index (χ1v) is 5.45. The second-order valence-corrected chi connectivity index (χ2v) is 4.27. The Morgan fingerprint density at radius 1 is 1.12 bits per heavy atom. The summed E-state index contributed by atoms with van der Waals surface area (Å²) in [5, 5.41) is 0.738. The maximum absolute atomic E-state index is 5.87. The van der Waals surface area contributed by atoms with E-state index in [9.17, 15) is 0 Å². The lowest BCUT2D eigenvalue weighted by Gasteiger charge is -2.10. The van der Waals surface area contributed by atoms with Gasteiger partial charge >= 0.3 is 0 Å². The third-order valence-electron chi connectivity index (χ3n) is 2.55. The molecule has 0 spiro atoms. The fourth-order valence-electron chi connectivity index (χ4n) is 1.91. The molecule has 0 unspecified atom stereocenters. The summed E-state index contributed by atoms with van der Waals surface area (Å²) in [4.78, 5) is 4.28. The summed E-state index contributed by atoms with van der Waals surface area (Å²) in [6.45, 7) is 4.00. The minimum atomic E-state index is 0.563. The fraction of sp³-hybridized carbons (Fsp3) is 0.154. The van der Waals surface area contributed by atoms with Crippen LogP contribution in [-0.4, -0.2) is 4.98 Å². The van der Waals surface area contributed by atoms with Crippen LogP contribution in [0.4, 0.5) is 5.82 Å². The first kappa shape index (κ1) is 11.0. The molecule has 3 heteroatoms. The first-order valence-electron chi connectivity index (χ1n) is 5.07. The van der Waals surface area contributed by atoms with Crippen molar-refractivity contribution in [3.05, 3.63) is 46.6 Å². The average Bonchev–Trinajstić information content (AvgIpc) is 2.19. The van der Waals surface area contributed by atoms with Gasteiger partial charge in [0.05, 0.1) is 0 Å². The molecule has 0 saturated heterocycles. The molecule has 0 radical (unpaired) electrons. The summed E-state index contributed by atoms with van der Waals surface area (Å²) >= 11 is 5.87. The summed E-state index contributed by atoms with van der Waals surface area (Å²) in [7, 11) is 0. The highest BCUT2D eigenvalue weighted by Gasteiger charge is 2.07. The van der Waals surface area contributed by atoms with Gasteiger partial charge in [-0.1, -0.05) is 23.7 Å². The van der Waals surface area contributed by atoms with Gasteiger partial charge in [0.25, 0.3) is 0 Å². The molecule has 0 aliphatic heterocycles. The minimum Gasteiger partial charge on any atom is -0.384 e. The van der Waals surface area contributed by atoms with Crippen LogP contribution in [0, 0.1) is 13.8 Å². The van der Waals surface area contributed by atoms with Crippen LogP contribution in [0.2, 0.25) is 5.02 Å². The number of pyridine rings is 1. The number of hydrogen-bond donors (Lipinski definition) is 1. The normalized spacial score (nSPS) is 10.4. The maximum Gasteiger partial charge on any atom is 0.123 e. The summed E-state index contributed by atoms with van der Waals surface area (Å²) in [6, 6.07) is 9.64. The summed E-state index contributed by atoms with van der Waals surface area (Å²) in [5.74, 6) is 0.563. The van der Waals surface area contributed by atoms with Crippen molar-refractivity contribution in [3.8, 4) is 11.1 Å². The number of anilines is 1. The smallest absolute Gasteiger partial charge is 0.123 e. The van der Waals surface area contributed by atoms with Crippen molar-refractivity contribution in [2.75, 3.05) is 5.73 Å². The number of benzene rings is 1. The zero-order valence-electron chi connectivity index (χ0n) is 9.29. The summed E-state index contributed by atoms with van der Waals surface area (Å²) in [6.07, 6.45) is 0. The van der Waals surface area contributed by atoms with Crippen molar-refractivity contribution < 1.29 is 0 Å². The zero-order chi connectivity index (χ0) is 11.7. The molecule has 1 aromatic heterocycles. The molecule has 2 nitrogen and oxygen atoms in total. The number of hydrogen-bond acceptors (Lipinski definition) is 2. The lowest BCUT2D eigenvalue weighted by atomic mass is 9.99. The second kappa shape index (κ2) is 4.14. The van der Waals surface area contributed by atoms with Crippen molar-refractivity contribution in [2.24, 2.45) is 0 Å². The maximum atomic E-state index is 5.87. The van der Waals surface area contributed by atoms with Gasteiger partial charge in [0.15, 0.2) is 0 Å². The van der Waals surface area contributed by atoms with Gasteiger partial charge in [-0.2, -0.15) is 0 Å². The molecule has 0 atom stereocenters. The van der Waals surface area contributed by atoms with Crippen molar-refractivity contribution in [2.45, 2.75) is 13.8 Å². The molecule has 0 bridgehead atoms. The lowest BCUT2D eigenvalue weighted by Crippen LogP contribution is -1.97. The van der Waals surface area contributed by atoms with E-state index in [1.165, 1.54) is 0 Å². The van der Waals surface area contributed by atoms with Crippen LogP contribution in [0.3, 0.4) is 0 Å². The van der Waals surface area contributed by atoms with E-state index in [0.29, 0.717) is 5.82 Å². The van der Waals surface area contributed by atoms with E-state index in [4.69, 9.17) is 17.3 Å². The molecule has 2 aromatic rings. The van der Waals surface area contributed by atoms with Crippen LogP contribution < -0.4 is 5.73 Å². The average molecular weight is 233 g/mol. The molecule has 0 fully saturated rings. The van der Waals surface area contributed by atoms with Crippen molar-refractivity contribution >= 4 is 17.4 Å². The van der Waals surface area contributed by atoms with Gasteiger partial charge < -0.3 is 5.73 Å². The monoisotopic (exact) mass is 232 g/mol. The molecule has 82 valence electrons. The van der Waals surface area contributed by atoms with Gasteiger partial charge in [-0.05, 0) is 43.2 Å². The number of aryl methyl sites for hydroxylation is 2. The predicted octanol–water partition coefficient (Wildman–Crippen LogP) is 3.60. The number of nitrogens with zero attached hydrogens (tertiary/aromatic N) is 1. The van der Waals surface area contributed by atoms with E-state index in [-0.39, 0.29) is 0 Å². The third kappa shape index (κ3) is 2.02. The number of nitrogens with two attached hydrogens (primary N) is 1. The van der Waals surface area contributed by atoms with E-state index in [2.05, 4.69) is 4.98 Å². The quantitative estimate of drug-likeness (QED) is 0.816. The van der Waals surface area contributed by atoms with Crippen molar-refractivity contribution in [3.63, 3.8) is 0 Å². The second-order valence-electron chi connectivity index (χ2n) is 3.83. The molecule has 0 aliphatic rings. The number of nitrogen functional groups attached to an aromatic ring is 1. The van der Waals surface area contributed by atoms with E-state index in [1.54, 1.807) is 0 Å². The van der Waals surface area contributed by atoms with E-state index in [1.807, 2.05) is 44.2 Å². The Morgan fingerprint density at radius 2 is 1.75 bits per heavy atom. The molecule has 2 N–H and O–H groups in total. The highest BCUT2D eigenvalue weighted by Crippen LogP contribution is 2.28. The lowest BCUT2D eigenvalue weighted by molar-refractivity contribution is 1.19. The van der Waals surface area contributed by atoms with Crippen LogP contribution in [-0.2, 0) is 0 Å². The minimum absolute atomic E-state index is 0.563. The number of rotatable bonds is 1. The van der Waals surface area contributed by atoms with Gasteiger partial charge in [0, 0.05) is 16.3 Å². The zero-order valence-corrected chi connectivity index (χ0v) is 10.0. The van der Waals surface area contributed by atoms with Crippen LogP contribution in [0.25, 0.3) is 11.1 Å². The van der Waals surface area contributed by atoms with Gasteiger partial charge in [0.1, 0.15) is 5.82 Å². The highest BCUT2D eigenvalue weighted by molar-refractivity contribution is 6.30. The Balaban J connectivity index is 2.60. The van der Waals surface area contributed by atoms with E-state index in [0.717, 1.165) is 27.4 Å². The standard InChI is InChI=1S/C13H13ClN2/c1-8-7-12(15)16-9(2)13(8)10-3-5-11(14)6-4-10/h3-7H,1-2H3,(H2,15,16). The Kier molecular flexibility index (Phi) is 2.84. The van der Waals surface area contributed by atoms with Gasteiger partial charge in [-0.15, -0.1) is 0 Å². The molecule has 16 heavy (non-hydrogen) atoms. The predicted molar refractivity (Wildman–Crippen MR) is 68.6 cm³/mol. The van der Waals surface area contributed by atoms with Gasteiger partial charge in [0.2, 0.25) is 0 Å². The van der Waals surface area contributed by atoms with E-state index >= 15 is 0 Å². The largest absolute Gasteiger partial charge is 0.384 e. The Morgan fingerprint density at radius 3 is 2.31 bits per heavy atom. The van der Waals surface area contributed by atoms with Crippen molar-refractivity contribution in [1.82, 2.24) is 4.98 Å². The van der Waals surface area contributed by atoms with Crippen LogP contribution in [0.15, 0.2) is 30.3 Å². The molecule has 2 rings (SSSR count). The molecular weight excluding hydrogens is 220 g/mol. The molecule has 1 aromatic carbocycles. The van der Waals surface area contributed by atoms with Crippen LogP contribution >= 0.6 is 11.6 Å². The van der Waals surface area contributed by atoms with E-state index < -0.39 is 0 Å². The van der Waals surface area contributed by atoms with Gasteiger partial charge in [-0.3, -0.25) is 0 Å². The third-order valence-corrected chi connectivity index (χ3v) is 2.80. The van der Waals surface area contributed by atoms with Crippen LogP contribution in [0.1, 0.15) is 11.3 Å². The Bertz CT molecular complexity index is 495. The summed E-state index contributed by atoms with van der Waals surface area (Å²) in [5.41, 5.74) is 10.0. The molecule has 0 saturated carbocycles. The van der Waals surface area contributed by atoms with Crippen LogP contribution in [0.5, 0.6) is 0 Å². The Hall–Kier alpha value is -1.54. The highest BCUT2D eigenvalue weighted by atomic mass is 35.5. The number of aromatic nitrogens is 1. The SMILES string of the molecule is Cc1cc(N)nc(C)c1-c1ccc(Cl)cc1. The molecule has 0 amide bonds. The number of halogens is 1. The molecule has 0 aliphatic carbocycles. The first-order chi connectivity index (χ1) is 7.58. The topological polar surface area (TPSA) is 38.9 Å². The van der Waals surface area contributed by atoms with Crippen molar-refractivity contribution in [1.29, 1.82) is 0 Å². The van der Waals surface area contributed by atoms with Gasteiger partial charge in [-0.25, -0.2) is 4.98 Å². The fourth-order valence-corrected chi connectivity index (χ4v) is 2.04. The molecular formula is C13H13ClN2. The summed E-state index contributed by atoms with van der Waals surface area (Å²) < 4.78 is 0. The Labute approximate surface area is 100 Å².